The van der Waals surface area contributed by atoms with Crippen LogP contribution in [0.15, 0.2) is 24.4 Å². The number of hydrogen-bond acceptors (Lipinski definition) is 3. The predicted molar refractivity (Wildman–Crippen MR) is 70.7 cm³/mol. The minimum atomic E-state index is -1.43. The van der Waals surface area contributed by atoms with Crippen LogP contribution < -0.4 is 0 Å². The second-order valence-electron chi connectivity index (χ2n) is 5.16. The second kappa shape index (κ2) is 5.46. The van der Waals surface area contributed by atoms with E-state index in [0.29, 0.717) is 0 Å². The molecule has 2 aromatic rings. The molecule has 21 heavy (non-hydrogen) atoms. The SMILES string of the molecule is CC(C)(O)c1cc(F)c(-c2nccc(CO)c2F)c(F)c1. The summed E-state index contributed by atoms with van der Waals surface area (Å²) in [7, 11) is 0. The normalized spacial score (nSPS) is 11.8. The second-order valence-corrected chi connectivity index (χ2v) is 5.16. The first-order chi connectivity index (χ1) is 9.75. The van der Waals surface area contributed by atoms with Gasteiger partial charge < -0.3 is 10.2 Å². The van der Waals surface area contributed by atoms with Gasteiger partial charge in [0.2, 0.25) is 0 Å². The summed E-state index contributed by atoms with van der Waals surface area (Å²) in [5, 5.41) is 18.8. The zero-order valence-electron chi connectivity index (χ0n) is 11.5. The molecule has 1 aromatic heterocycles. The van der Waals surface area contributed by atoms with Crippen molar-refractivity contribution in [1.29, 1.82) is 0 Å². The van der Waals surface area contributed by atoms with Gasteiger partial charge in [0.25, 0.3) is 0 Å². The van der Waals surface area contributed by atoms with Crippen LogP contribution in [0.3, 0.4) is 0 Å². The number of rotatable bonds is 3. The highest BCUT2D eigenvalue weighted by Crippen LogP contribution is 2.31. The number of nitrogens with zero attached hydrogens (tertiary/aromatic N) is 1. The average molecular weight is 297 g/mol. The third kappa shape index (κ3) is 2.91. The maximum atomic E-state index is 14.1. The Morgan fingerprint density at radius 1 is 1.14 bits per heavy atom. The van der Waals surface area contributed by atoms with Gasteiger partial charge >= 0.3 is 0 Å². The molecular weight excluding hydrogens is 283 g/mol. The number of hydrogen-bond donors (Lipinski definition) is 2. The van der Waals surface area contributed by atoms with Gasteiger partial charge in [-0.25, -0.2) is 13.2 Å². The van der Waals surface area contributed by atoms with Crippen molar-refractivity contribution in [3.05, 3.63) is 53.0 Å². The summed E-state index contributed by atoms with van der Waals surface area (Å²) < 4.78 is 42.3. The molecule has 1 aromatic carbocycles. The van der Waals surface area contributed by atoms with Crippen molar-refractivity contribution in [3.63, 3.8) is 0 Å². The van der Waals surface area contributed by atoms with E-state index in [1.165, 1.54) is 19.9 Å². The summed E-state index contributed by atoms with van der Waals surface area (Å²) in [5.74, 6) is -3.05. The van der Waals surface area contributed by atoms with Gasteiger partial charge in [-0.1, -0.05) is 0 Å². The molecule has 0 aliphatic rings. The maximum absolute atomic E-state index is 14.1. The minimum Gasteiger partial charge on any atom is -0.392 e. The van der Waals surface area contributed by atoms with Gasteiger partial charge in [-0.2, -0.15) is 0 Å². The van der Waals surface area contributed by atoms with Crippen LogP contribution in [-0.2, 0) is 12.2 Å². The van der Waals surface area contributed by atoms with Crippen molar-refractivity contribution in [2.75, 3.05) is 0 Å². The number of benzene rings is 1. The van der Waals surface area contributed by atoms with Crippen LogP contribution >= 0.6 is 0 Å². The smallest absolute Gasteiger partial charge is 0.155 e. The number of pyridine rings is 1. The number of halogens is 3. The van der Waals surface area contributed by atoms with Gasteiger partial charge in [-0.3, -0.25) is 4.98 Å². The summed E-state index contributed by atoms with van der Waals surface area (Å²) in [4.78, 5) is 3.64. The van der Waals surface area contributed by atoms with Crippen molar-refractivity contribution in [2.24, 2.45) is 0 Å². The van der Waals surface area contributed by atoms with Crippen LogP contribution in [0.4, 0.5) is 13.2 Å². The highest BCUT2D eigenvalue weighted by atomic mass is 19.1. The lowest BCUT2D eigenvalue weighted by Crippen LogP contribution is -2.16. The summed E-state index contributed by atoms with van der Waals surface area (Å²) in [6.07, 6.45) is 1.16. The number of aliphatic hydroxyl groups excluding tert-OH is 1. The summed E-state index contributed by atoms with van der Waals surface area (Å²) in [6, 6.07) is 3.09. The van der Waals surface area contributed by atoms with Gasteiger partial charge in [-0.15, -0.1) is 0 Å². The molecule has 2 N–H and O–H groups in total. The van der Waals surface area contributed by atoms with E-state index in [9.17, 15) is 18.3 Å². The zero-order chi connectivity index (χ0) is 15.8. The van der Waals surface area contributed by atoms with Crippen LogP contribution in [0.1, 0.15) is 25.0 Å². The Hall–Kier alpha value is -1.92. The van der Waals surface area contributed by atoms with E-state index in [1.807, 2.05) is 0 Å². The molecule has 0 saturated heterocycles. The molecule has 6 heteroatoms. The number of aromatic nitrogens is 1. The molecule has 0 spiro atoms. The van der Waals surface area contributed by atoms with Crippen LogP contribution in [0.2, 0.25) is 0 Å². The minimum absolute atomic E-state index is 0.0278. The summed E-state index contributed by atoms with van der Waals surface area (Å²) in [5.41, 5.74) is -2.65. The molecular formula is C15H14F3NO2. The average Bonchev–Trinajstić information content (AvgIpc) is 2.38. The molecule has 0 bridgehead atoms. The quantitative estimate of drug-likeness (QED) is 0.916. The highest BCUT2D eigenvalue weighted by molar-refractivity contribution is 5.63. The largest absolute Gasteiger partial charge is 0.392 e. The topological polar surface area (TPSA) is 53.4 Å². The van der Waals surface area contributed by atoms with Gasteiger partial charge in [0.1, 0.15) is 17.3 Å². The van der Waals surface area contributed by atoms with Crippen LogP contribution in [0.5, 0.6) is 0 Å². The van der Waals surface area contributed by atoms with E-state index in [1.54, 1.807) is 0 Å². The van der Waals surface area contributed by atoms with Crippen LogP contribution in [0, 0.1) is 17.5 Å². The van der Waals surface area contributed by atoms with Crippen molar-refractivity contribution < 1.29 is 23.4 Å². The molecule has 0 aliphatic carbocycles. The van der Waals surface area contributed by atoms with Crippen molar-refractivity contribution in [3.8, 4) is 11.3 Å². The zero-order valence-corrected chi connectivity index (χ0v) is 11.5. The van der Waals surface area contributed by atoms with Crippen molar-refractivity contribution >= 4 is 0 Å². The Morgan fingerprint density at radius 2 is 1.71 bits per heavy atom. The molecule has 1 heterocycles. The van der Waals surface area contributed by atoms with E-state index < -0.39 is 40.9 Å². The fourth-order valence-corrected chi connectivity index (χ4v) is 1.93. The Morgan fingerprint density at radius 3 is 2.19 bits per heavy atom. The highest BCUT2D eigenvalue weighted by Gasteiger charge is 2.24. The first kappa shape index (κ1) is 15.5. The summed E-state index contributed by atoms with van der Waals surface area (Å²) in [6.45, 7) is 2.16. The Balaban J connectivity index is 2.66. The Labute approximate surface area is 119 Å². The van der Waals surface area contributed by atoms with Crippen LogP contribution in [-0.4, -0.2) is 15.2 Å². The molecule has 0 saturated carbocycles. The lowest BCUT2D eigenvalue weighted by Gasteiger charge is -2.19. The monoisotopic (exact) mass is 297 g/mol. The fourth-order valence-electron chi connectivity index (χ4n) is 1.93. The summed E-state index contributed by atoms with van der Waals surface area (Å²) >= 11 is 0. The van der Waals surface area contributed by atoms with Gasteiger partial charge in [0.15, 0.2) is 5.82 Å². The molecule has 2 rings (SSSR count). The molecule has 0 amide bonds. The molecule has 0 fully saturated rings. The lowest BCUT2D eigenvalue weighted by atomic mass is 9.95. The predicted octanol–water partition coefficient (Wildman–Crippen LogP) is 2.89. The Bertz CT molecular complexity index is 658. The van der Waals surface area contributed by atoms with Gasteiger partial charge in [0.05, 0.1) is 17.8 Å². The van der Waals surface area contributed by atoms with E-state index in [4.69, 9.17) is 5.11 Å². The fraction of sp³-hybridized carbons (Fsp3) is 0.267. The first-order valence-corrected chi connectivity index (χ1v) is 6.22. The van der Waals surface area contributed by atoms with E-state index in [2.05, 4.69) is 4.98 Å². The standard InChI is InChI=1S/C15H14F3NO2/c1-15(2,21)9-5-10(16)12(11(17)6-9)14-13(18)8(7-20)3-4-19-14/h3-6,20-21H,7H2,1-2H3. The molecule has 112 valence electrons. The van der Waals surface area contributed by atoms with Gasteiger partial charge in [-0.05, 0) is 37.6 Å². The Kier molecular flexibility index (Phi) is 4.02. The van der Waals surface area contributed by atoms with E-state index in [0.717, 1.165) is 18.3 Å². The molecule has 3 nitrogen and oxygen atoms in total. The van der Waals surface area contributed by atoms with E-state index >= 15 is 0 Å². The van der Waals surface area contributed by atoms with Gasteiger partial charge in [0, 0.05) is 11.8 Å². The first-order valence-electron chi connectivity index (χ1n) is 6.22. The third-order valence-electron chi connectivity index (χ3n) is 3.12. The molecule has 0 radical (unpaired) electrons. The molecule has 0 unspecified atom stereocenters. The molecule has 0 atom stereocenters. The van der Waals surface area contributed by atoms with Crippen molar-refractivity contribution in [2.45, 2.75) is 26.1 Å². The maximum Gasteiger partial charge on any atom is 0.155 e. The number of aliphatic hydroxyl groups is 2. The lowest BCUT2D eigenvalue weighted by molar-refractivity contribution is 0.0779. The molecule has 0 aliphatic heterocycles. The van der Waals surface area contributed by atoms with E-state index in [-0.39, 0.29) is 11.1 Å². The van der Waals surface area contributed by atoms with Crippen LogP contribution in [0.25, 0.3) is 11.3 Å². The van der Waals surface area contributed by atoms with Crippen molar-refractivity contribution in [1.82, 2.24) is 4.98 Å². The third-order valence-corrected chi connectivity index (χ3v) is 3.12.